The Morgan fingerprint density at radius 3 is 2.25 bits per heavy atom. The summed E-state index contributed by atoms with van der Waals surface area (Å²) in [6.45, 7) is 9.73. The molecule has 40 heavy (non-hydrogen) atoms. The molecule has 1 aliphatic rings. The van der Waals surface area contributed by atoms with E-state index < -0.39 is 6.29 Å². The Kier molecular flexibility index (Phi) is 12.4. The first-order valence-electron chi connectivity index (χ1n) is 14.6. The van der Waals surface area contributed by atoms with Crippen LogP contribution in [0.4, 0.5) is 0 Å². The molecule has 0 spiro atoms. The quantitative estimate of drug-likeness (QED) is 0.224. The minimum Gasteiger partial charge on any atom is -0.496 e. The van der Waals surface area contributed by atoms with Crippen molar-refractivity contribution in [3.05, 3.63) is 65.2 Å². The maximum atomic E-state index is 13.1. The van der Waals surface area contributed by atoms with Gasteiger partial charge in [-0.2, -0.15) is 0 Å². The van der Waals surface area contributed by atoms with Gasteiger partial charge in [0.2, 0.25) is 5.91 Å². The van der Waals surface area contributed by atoms with Crippen LogP contribution in [0.1, 0.15) is 56.7 Å². The van der Waals surface area contributed by atoms with E-state index >= 15 is 0 Å². The lowest BCUT2D eigenvalue weighted by Crippen LogP contribution is -2.46. The number of carbonyl (C=O) groups excluding carboxylic acids is 1. The molecule has 1 heterocycles. The third-order valence-electron chi connectivity index (χ3n) is 8.59. The van der Waals surface area contributed by atoms with Crippen molar-refractivity contribution >= 4 is 5.91 Å². The smallest absolute Gasteiger partial charge is 0.225 e. The van der Waals surface area contributed by atoms with Gasteiger partial charge < -0.3 is 28.7 Å². The zero-order valence-corrected chi connectivity index (χ0v) is 25.7. The average molecular weight is 555 g/mol. The molecule has 1 amide bonds. The number of benzene rings is 2. The van der Waals surface area contributed by atoms with E-state index in [-0.39, 0.29) is 17.4 Å². The summed E-state index contributed by atoms with van der Waals surface area (Å²) in [5.41, 5.74) is 3.74. The van der Waals surface area contributed by atoms with Gasteiger partial charge in [0.1, 0.15) is 5.75 Å². The Balaban J connectivity index is 1.66. The van der Waals surface area contributed by atoms with Crippen LogP contribution in [-0.2, 0) is 30.8 Å². The molecule has 2 aromatic carbocycles. The van der Waals surface area contributed by atoms with Crippen LogP contribution >= 0.6 is 0 Å². The molecule has 0 radical (unpaired) electrons. The molecule has 0 aliphatic carbocycles. The van der Waals surface area contributed by atoms with E-state index in [2.05, 4.69) is 81.2 Å². The number of ether oxygens (including phenoxy) is 4. The largest absolute Gasteiger partial charge is 0.496 e. The van der Waals surface area contributed by atoms with Gasteiger partial charge in [0, 0.05) is 31.2 Å². The summed E-state index contributed by atoms with van der Waals surface area (Å²) >= 11 is 0. The molecule has 7 nitrogen and oxygen atoms in total. The first kappa shape index (κ1) is 32.1. The normalized spacial score (nSPS) is 16.3. The van der Waals surface area contributed by atoms with Gasteiger partial charge in [0.05, 0.1) is 33.3 Å². The lowest BCUT2D eigenvalue weighted by Gasteiger charge is -2.42. The molecule has 0 aromatic heterocycles. The lowest BCUT2D eigenvalue weighted by atomic mass is 9.67. The Morgan fingerprint density at radius 1 is 0.975 bits per heavy atom. The maximum Gasteiger partial charge on any atom is 0.225 e. The number of rotatable bonds is 15. The summed E-state index contributed by atoms with van der Waals surface area (Å²) in [6, 6.07) is 17.5. The van der Waals surface area contributed by atoms with Crippen LogP contribution in [-0.4, -0.2) is 89.3 Å². The Hall–Kier alpha value is -2.45. The van der Waals surface area contributed by atoms with Crippen LogP contribution in [0.3, 0.4) is 0 Å². The molecular formula is C33H50N2O5. The first-order valence-corrected chi connectivity index (χ1v) is 14.6. The van der Waals surface area contributed by atoms with Gasteiger partial charge in [-0.25, -0.2) is 0 Å². The SMILES string of the molecule is COc1ccc(CCOCCC(=O)N(CC(OC)OC)[C@H](C)C(C)C)cc1C1(c2ccccc2)CCN(C)CC1. The fourth-order valence-electron chi connectivity index (χ4n) is 5.61. The number of nitrogens with zero attached hydrogens (tertiary/aromatic N) is 2. The number of hydrogen-bond acceptors (Lipinski definition) is 6. The van der Waals surface area contributed by atoms with E-state index in [9.17, 15) is 4.79 Å². The van der Waals surface area contributed by atoms with Gasteiger partial charge in [-0.05, 0) is 69.4 Å². The van der Waals surface area contributed by atoms with Gasteiger partial charge in [0.15, 0.2) is 6.29 Å². The van der Waals surface area contributed by atoms with Crippen molar-refractivity contribution in [3.63, 3.8) is 0 Å². The van der Waals surface area contributed by atoms with Crippen LogP contribution < -0.4 is 4.74 Å². The predicted octanol–water partition coefficient (Wildman–Crippen LogP) is 5.15. The second-order valence-corrected chi connectivity index (χ2v) is 11.3. The molecule has 0 N–H and O–H groups in total. The number of piperidine rings is 1. The summed E-state index contributed by atoms with van der Waals surface area (Å²) < 4.78 is 22.6. The summed E-state index contributed by atoms with van der Waals surface area (Å²) in [5.74, 6) is 1.32. The fraction of sp³-hybridized carbons (Fsp3) is 0.606. The summed E-state index contributed by atoms with van der Waals surface area (Å²) in [6.07, 6.45) is 2.75. The van der Waals surface area contributed by atoms with Gasteiger partial charge >= 0.3 is 0 Å². The van der Waals surface area contributed by atoms with Gasteiger partial charge in [-0.3, -0.25) is 4.79 Å². The van der Waals surface area contributed by atoms with Crippen LogP contribution in [0.2, 0.25) is 0 Å². The maximum absolute atomic E-state index is 13.1. The minimum atomic E-state index is -0.445. The molecule has 1 fully saturated rings. The highest BCUT2D eigenvalue weighted by atomic mass is 16.7. The van der Waals surface area contributed by atoms with Crippen LogP contribution in [0.5, 0.6) is 5.75 Å². The molecule has 3 rings (SSSR count). The summed E-state index contributed by atoms with van der Waals surface area (Å²) in [7, 11) is 7.15. The van der Waals surface area contributed by atoms with Gasteiger partial charge in [-0.15, -0.1) is 0 Å². The van der Waals surface area contributed by atoms with E-state index in [1.54, 1.807) is 21.3 Å². The van der Waals surface area contributed by atoms with E-state index in [0.29, 0.717) is 32.1 Å². The topological polar surface area (TPSA) is 60.5 Å². The second kappa shape index (κ2) is 15.5. The van der Waals surface area contributed by atoms with Crippen LogP contribution in [0.15, 0.2) is 48.5 Å². The molecule has 0 saturated carbocycles. The van der Waals surface area contributed by atoms with Crippen LogP contribution in [0, 0.1) is 5.92 Å². The van der Waals surface area contributed by atoms with Crippen molar-refractivity contribution in [2.45, 2.75) is 64.2 Å². The highest BCUT2D eigenvalue weighted by Gasteiger charge is 2.39. The van der Waals surface area contributed by atoms with Crippen molar-refractivity contribution in [3.8, 4) is 5.75 Å². The molecule has 1 aliphatic heterocycles. The van der Waals surface area contributed by atoms with Crippen molar-refractivity contribution < 1.29 is 23.7 Å². The summed E-state index contributed by atoms with van der Waals surface area (Å²) in [4.78, 5) is 17.3. The molecule has 2 aromatic rings. The van der Waals surface area contributed by atoms with Crippen molar-refractivity contribution in [1.82, 2.24) is 9.80 Å². The average Bonchev–Trinajstić information content (AvgIpc) is 2.98. The molecule has 0 bridgehead atoms. The van der Waals surface area contributed by atoms with E-state index in [4.69, 9.17) is 18.9 Å². The summed E-state index contributed by atoms with van der Waals surface area (Å²) in [5, 5.41) is 0. The van der Waals surface area contributed by atoms with E-state index in [1.807, 2.05) is 4.90 Å². The predicted molar refractivity (Wildman–Crippen MR) is 160 cm³/mol. The third kappa shape index (κ3) is 8.06. The van der Waals surface area contributed by atoms with Crippen molar-refractivity contribution in [1.29, 1.82) is 0 Å². The van der Waals surface area contributed by atoms with Gasteiger partial charge in [-0.1, -0.05) is 56.3 Å². The molecule has 1 atom stereocenters. The minimum absolute atomic E-state index is 0.0547. The Labute approximate surface area is 241 Å². The first-order chi connectivity index (χ1) is 19.2. The Morgan fingerprint density at radius 2 is 1.65 bits per heavy atom. The van der Waals surface area contributed by atoms with E-state index in [1.165, 1.54) is 16.7 Å². The second-order valence-electron chi connectivity index (χ2n) is 11.3. The van der Waals surface area contributed by atoms with Crippen LogP contribution in [0.25, 0.3) is 0 Å². The lowest BCUT2D eigenvalue weighted by molar-refractivity contribution is -0.151. The number of carbonyl (C=O) groups is 1. The van der Waals surface area contributed by atoms with Crippen molar-refractivity contribution in [2.24, 2.45) is 5.92 Å². The standard InChI is InChI=1S/C33H50N2O5/c1-25(2)26(3)35(24-32(38-6)39-7)31(36)16-22-40-21-15-27-13-14-30(37-5)29(23-27)33(17-19-34(4)20-18-33)28-11-9-8-10-12-28/h8-14,23,25-26,32H,15-22,24H2,1-7H3/t26-/m1/s1. The Bertz CT molecular complexity index is 1030. The molecule has 7 heteroatoms. The van der Waals surface area contributed by atoms with Gasteiger partial charge in [0.25, 0.3) is 0 Å². The number of likely N-dealkylation sites (tertiary alicyclic amines) is 1. The van der Waals surface area contributed by atoms with E-state index in [0.717, 1.165) is 38.1 Å². The number of hydrogen-bond donors (Lipinski definition) is 0. The molecule has 1 saturated heterocycles. The highest BCUT2D eigenvalue weighted by Crippen LogP contribution is 2.45. The monoisotopic (exact) mass is 554 g/mol. The molecule has 222 valence electrons. The number of amides is 1. The zero-order valence-electron chi connectivity index (χ0n) is 25.7. The zero-order chi connectivity index (χ0) is 29.1. The highest BCUT2D eigenvalue weighted by molar-refractivity contribution is 5.76. The number of methoxy groups -OCH3 is 3. The molecule has 0 unspecified atom stereocenters. The van der Waals surface area contributed by atoms with Crippen molar-refractivity contribution in [2.75, 3.05) is 61.2 Å². The third-order valence-corrected chi connectivity index (χ3v) is 8.59. The fourth-order valence-corrected chi connectivity index (χ4v) is 5.61. The molecular weight excluding hydrogens is 504 g/mol.